The van der Waals surface area contributed by atoms with E-state index < -0.39 is 11.8 Å². The molecule has 30 heavy (non-hydrogen) atoms. The Kier molecular flexibility index (Phi) is 6.32. The minimum Gasteiger partial charge on any atom is -0.504 e. The van der Waals surface area contributed by atoms with Gasteiger partial charge in [-0.1, -0.05) is 24.3 Å². The minimum atomic E-state index is -0.578. The van der Waals surface area contributed by atoms with E-state index in [0.29, 0.717) is 29.8 Å². The highest BCUT2D eigenvalue weighted by molar-refractivity contribution is 7.80. The molecule has 0 unspecified atom stereocenters. The zero-order valence-electron chi connectivity index (χ0n) is 16.8. The molecule has 2 aromatic carbocycles. The minimum absolute atomic E-state index is 0.0148. The molecule has 1 fully saturated rings. The predicted octanol–water partition coefficient (Wildman–Crippen LogP) is 3.66. The van der Waals surface area contributed by atoms with Crippen molar-refractivity contribution < 1.29 is 19.4 Å². The number of phenolic OH excluding ortho intramolecular Hbond substituents is 1. The molecule has 0 bridgehead atoms. The number of allylic oxidation sites excluding steroid dienone is 1. The number of anilines is 1. The van der Waals surface area contributed by atoms with Gasteiger partial charge in [-0.2, -0.15) is 0 Å². The van der Waals surface area contributed by atoms with E-state index in [1.54, 1.807) is 37.3 Å². The summed E-state index contributed by atoms with van der Waals surface area (Å²) in [5.74, 6) is -0.805. The lowest BCUT2D eigenvalue weighted by atomic mass is 10.0. The molecule has 0 spiro atoms. The maximum Gasteiger partial charge on any atom is 0.270 e. The molecule has 7 heteroatoms. The summed E-state index contributed by atoms with van der Waals surface area (Å²) in [5, 5.41) is 13.0. The summed E-state index contributed by atoms with van der Waals surface area (Å²) >= 11 is 5.25. The highest BCUT2D eigenvalue weighted by Gasteiger charge is 2.35. The Morgan fingerprint density at radius 2 is 2.00 bits per heavy atom. The topological polar surface area (TPSA) is 78.9 Å². The highest BCUT2D eigenvalue weighted by Crippen LogP contribution is 2.34. The van der Waals surface area contributed by atoms with Gasteiger partial charge in [0.15, 0.2) is 16.6 Å². The molecule has 1 heterocycles. The Hall–Kier alpha value is -3.45. The summed E-state index contributed by atoms with van der Waals surface area (Å²) in [6, 6.07) is 10.6. The number of benzene rings is 2. The second-order valence-electron chi connectivity index (χ2n) is 6.70. The molecule has 0 aromatic heterocycles. The lowest BCUT2D eigenvalue weighted by Crippen LogP contribution is -2.54. The number of nitrogens with one attached hydrogen (secondary N) is 1. The molecule has 6 nitrogen and oxygen atoms in total. The van der Waals surface area contributed by atoms with E-state index >= 15 is 0 Å². The first kappa shape index (κ1) is 21.3. The van der Waals surface area contributed by atoms with Gasteiger partial charge in [0.25, 0.3) is 11.8 Å². The third-order valence-corrected chi connectivity index (χ3v) is 4.89. The molecule has 0 radical (unpaired) electrons. The van der Waals surface area contributed by atoms with Crippen molar-refractivity contribution in [1.29, 1.82) is 0 Å². The Morgan fingerprint density at radius 3 is 2.67 bits per heavy atom. The first-order valence-corrected chi connectivity index (χ1v) is 9.84. The van der Waals surface area contributed by atoms with Crippen LogP contribution < -0.4 is 15.0 Å². The van der Waals surface area contributed by atoms with Gasteiger partial charge in [-0.05, 0) is 67.9 Å². The number of amides is 2. The van der Waals surface area contributed by atoms with E-state index in [1.807, 2.05) is 19.1 Å². The van der Waals surface area contributed by atoms with Crippen LogP contribution in [0.25, 0.3) is 6.08 Å². The molecule has 0 saturated carbocycles. The summed E-state index contributed by atoms with van der Waals surface area (Å²) in [4.78, 5) is 27.1. The van der Waals surface area contributed by atoms with Crippen molar-refractivity contribution in [2.45, 2.75) is 20.3 Å². The Labute approximate surface area is 180 Å². The number of rotatable bonds is 6. The van der Waals surface area contributed by atoms with Gasteiger partial charge in [-0.3, -0.25) is 19.8 Å². The number of nitrogens with zero attached hydrogens (tertiary/aromatic N) is 1. The predicted molar refractivity (Wildman–Crippen MR) is 121 cm³/mol. The van der Waals surface area contributed by atoms with Crippen molar-refractivity contribution in [2.24, 2.45) is 0 Å². The molecule has 2 N–H and O–H groups in total. The van der Waals surface area contributed by atoms with Crippen molar-refractivity contribution in [3.8, 4) is 11.5 Å². The second kappa shape index (κ2) is 8.92. The standard InChI is InChI=1S/C23H22N2O4S/c1-4-8-16-11-15(13-19(20(16)26)29-5-2)12-17-21(27)24-23(30)25(22(17)28)18-10-7-6-9-14(18)3/h4,6-7,9-13,26H,1,5,8H2,2-3H3,(H,24,27,30)/b17-12+. The van der Waals surface area contributed by atoms with Gasteiger partial charge in [-0.25, -0.2) is 0 Å². The van der Waals surface area contributed by atoms with Crippen LogP contribution in [0.2, 0.25) is 0 Å². The van der Waals surface area contributed by atoms with Crippen molar-refractivity contribution >= 4 is 40.9 Å². The third-order valence-electron chi connectivity index (χ3n) is 4.61. The van der Waals surface area contributed by atoms with Gasteiger partial charge in [0.05, 0.1) is 12.3 Å². The van der Waals surface area contributed by atoms with Crippen molar-refractivity contribution in [2.75, 3.05) is 11.5 Å². The lowest BCUT2D eigenvalue weighted by Gasteiger charge is -2.30. The maximum atomic E-state index is 13.2. The Bertz CT molecular complexity index is 1070. The molecular weight excluding hydrogens is 400 g/mol. The second-order valence-corrected chi connectivity index (χ2v) is 7.08. The number of para-hydroxylation sites is 1. The van der Waals surface area contributed by atoms with Crippen LogP contribution in [0.4, 0.5) is 5.69 Å². The largest absolute Gasteiger partial charge is 0.504 e. The maximum absolute atomic E-state index is 13.2. The number of ether oxygens (including phenoxy) is 1. The number of thiocarbonyl (C=S) groups is 1. The first-order chi connectivity index (χ1) is 14.4. The van der Waals surface area contributed by atoms with E-state index in [4.69, 9.17) is 17.0 Å². The summed E-state index contributed by atoms with van der Waals surface area (Å²) in [6.45, 7) is 7.72. The van der Waals surface area contributed by atoms with Gasteiger partial charge in [-0.15, -0.1) is 6.58 Å². The van der Waals surface area contributed by atoms with Crippen LogP contribution in [0, 0.1) is 6.92 Å². The molecular formula is C23H22N2O4S. The Morgan fingerprint density at radius 1 is 1.27 bits per heavy atom. The number of carbonyl (C=O) groups is 2. The monoisotopic (exact) mass is 422 g/mol. The quantitative estimate of drug-likeness (QED) is 0.322. The fourth-order valence-corrected chi connectivity index (χ4v) is 3.48. The van der Waals surface area contributed by atoms with Gasteiger partial charge < -0.3 is 9.84 Å². The lowest BCUT2D eigenvalue weighted by molar-refractivity contribution is -0.122. The van der Waals surface area contributed by atoms with Gasteiger partial charge in [0, 0.05) is 5.56 Å². The summed E-state index contributed by atoms with van der Waals surface area (Å²) in [7, 11) is 0. The zero-order chi connectivity index (χ0) is 21.8. The number of aromatic hydroxyl groups is 1. The molecule has 0 aliphatic carbocycles. The van der Waals surface area contributed by atoms with Crippen LogP contribution in [0.15, 0.2) is 54.6 Å². The molecule has 0 atom stereocenters. The summed E-state index contributed by atoms with van der Waals surface area (Å²) in [5.41, 5.74) is 2.51. The number of phenols is 1. The van der Waals surface area contributed by atoms with E-state index in [-0.39, 0.29) is 22.2 Å². The molecule has 2 aromatic rings. The number of hydrogen-bond donors (Lipinski definition) is 2. The smallest absolute Gasteiger partial charge is 0.270 e. The van der Waals surface area contributed by atoms with Crippen molar-refractivity contribution in [3.63, 3.8) is 0 Å². The van der Waals surface area contributed by atoms with Crippen molar-refractivity contribution in [3.05, 3.63) is 71.3 Å². The van der Waals surface area contributed by atoms with E-state index in [0.717, 1.165) is 5.56 Å². The molecule has 3 rings (SSSR count). The van der Waals surface area contributed by atoms with E-state index in [1.165, 1.54) is 11.0 Å². The van der Waals surface area contributed by atoms with Crippen molar-refractivity contribution in [1.82, 2.24) is 5.32 Å². The van der Waals surface area contributed by atoms with Gasteiger partial charge in [0.2, 0.25) is 0 Å². The van der Waals surface area contributed by atoms with Crippen LogP contribution in [-0.2, 0) is 16.0 Å². The molecule has 1 aliphatic rings. The summed E-state index contributed by atoms with van der Waals surface area (Å²) < 4.78 is 5.50. The number of carbonyl (C=O) groups excluding carboxylic acids is 2. The number of aryl methyl sites for hydroxylation is 1. The molecule has 1 aliphatic heterocycles. The van der Waals surface area contributed by atoms with Crippen LogP contribution in [-0.4, -0.2) is 28.6 Å². The van der Waals surface area contributed by atoms with Crippen LogP contribution in [0.3, 0.4) is 0 Å². The fraction of sp³-hybridized carbons (Fsp3) is 0.174. The zero-order valence-corrected chi connectivity index (χ0v) is 17.6. The van der Waals surface area contributed by atoms with Gasteiger partial charge >= 0.3 is 0 Å². The average molecular weight is 423 g/mol. The van der Waals surface area contributed by atoms with E-state index in [2.05, 4.69) is 11.9 Å². The molecule has 1 saturated heterocycles. The first-order valence-electron chi connectivity index (χ1n) is 9.44. The van der Waals surface area contributed by atoms with Crippen LogP contribution in [0.5, 0.6) is 11.5 Å². The molecule has 154 valence electrons. The Balaban J connectivity index is 2.08. The van der Waals surface area contributed by atoms with Crippen LogP contribution in [0.1, 0.15) is 23.6 Å². The number of hydrogen-bond acceptors (Lipinski definition) is 5. The highest BCUT2D eigenvalue weighted by atomic mass is 32.1. The fourth-order valence-electron chi connectivity index (χ4n) is 3.21. The summed E-state index contributed by atoms with van der Waals surface area (Å²) in [6.07, 6.45) is 3.53. The normalized spacial score (nSPS) is 15.3. The average Bonchev–Trinajstić information content (AvgIpc) is 2.70. The van der Waals surface area contributed by atoms with Gasteiger partial charge in [0.1, 0.15) is 5.57 Å². The third kappa shape index (κ3) is 4.11. The molecule has 2 amide bonds. The van der Waals surface area contributed by atoms with E-state index in [9.17, 15) is 14.7 Å². The SMILES string of the molecule is C=CCc1cc(/C=C2\C(=O)NC(=S)N(c3ccccc3C)C2=O)cc(OCC)c1O. The van der Waals surface area contributed by atoms with Crippen LogP contribution >= 0.6 is 12.2 Å².